The summed E-state index contributed by atoms with van der Waals surface area (Å²) < 4.78 is 7.22. The van der Waals surface area contributed by atoms with Crippen molar-refractivity contribution >= 4 is 51.2 Å². The number of nitrogens with two attached hydrogens (primary N) is 1. The Morgan fingerprint density at radius 1 is 0.892 bits per heavy atom. The Labute approximate surface area is 210 Å². The molecule has 2 aromatic heterocycles. The lowest BCUT2D eigenvalue weighted by atomic mass is 9.94. The number of esters is 1. The number of carbonyl (C=O) groups is 3. The number of hydrogen-bond donors (Lipinski definition) is 1. The van der Waals surface area contributed by atoms with Gasteiger partial charge in [-0.3, -0.25) is 9.59 Å². The highest BCUT2D eigenvalue weighted by molar-refractivity contribution is 6.35. The second kappa shape index (κ2) is 8.83. The van der Waals surface area contributed by atoms with E-state index in [-0.39, 0.29) is 6.61 Å². The van der Waals surface area contributed by atoms with Gasteiger partial charge in [-0.15, -0.1) is 0 Å². The number of anilines is 2. The highest BCUT2D eigenvalue weighted by atomic mass is 16.5. The Hall–Kier alpha value is -5.12. The molecule has 0 radical (unpaired) electrons. The third kappa shape index (κ3) is 3.75. The molecule has 0 saturated carbocycles. The van der Waals surface area contributed by atoms with E-state index in [9.17, 15) is 14.4 Å². The minimum Gasteiger partial charge on any atom is -0.462 e. The molecule has 3 aromatic carbocycles. The average Bonchev–Trinajstić information content (AvgIpc) is 3.34. The van der Waals surface area contributed by atoms with E-state index in [4.69, 9.17) is 10.5 Å². The number of amides is 2. The van der Waals surface area contributed by atoms with Gasteiger partial charge >= 0.3 is 5.97 Å². The van der Waals surface area contributed by atoms with Gasteiger partial charge in [0.2, 0.25) is 0 Å². The van der Waals surface area contributed by atoms with Crippen molar-refractivity contribution in [2.75, 3.05) is 17.2 Å². The average molecular weight is 492 g/mol. The fraction of sp³-hybridized carbons (Fsp3) is 0.111. The minimum absolute atomic E-state index is 0.185. The minimum atomic E-state index is -0.500. The van der Waals surface area contributed by atoms with Crippen molar-refractivity contribution in [3.8, 4) is 0 Å². The molecular weight excluding hydrogens is 472 g/mol. The number of carbonyl (C=O) groups excluding carboxylic acids is 3. The second-order valence-electron chi connectivity index (χ2n) is 8.56. The number of hydrogen-bond acceptors (Lipinski definition) is 8. The first-order chi connectivity index (χ1) is 18.0. The van der Waals surface area contributed by atoms with Crippen molar-refractivity contribution in [3.63, 3.8) is 0 Å². The zero-order chi connectivity index (χ0) is 25.5. The van der Waals surface area contributed by atoms with Crippen LogP contribution in [0.25, 0.3) is 21.9 Å². The van der Waals surface area contributed by atoms with Crippen molar-refractivity contribution in [3.05, 3.63) is 90.0 Å². The van der Waals surface area contributed by atoms with Crippen LogP contribution in [0, 0.1) is 0 Å². The molecule has 10 heteroatoms. The van der Waals surface area contributed by atoms with Crippen LogP contribution in [-0.2, 0) is 11.3 Å². The van der Waals surface area contributed by atoms with Crippen LogP contribution in [0.5, 0.6) is 0 Å². The molecule has 0 bridgehead atoms. The summed E-state index contributed by atoms with van der Waals surface area (Å²) in [5.74, 6) is -0.986. The maximum absolute atomic E-state index is 13.2. The maximum Gasteiger partial charge on any atom is 0.338 e. The van der Waals surface area contributed by atoms with Crippen LogP contribution >= 0.6 is 0 Å². The van der Waals surface area contributed by atoms with Crippen molar-refractivity contribution < 1.29 is 19.1 Å². The lowest BCUT2D eigenvalue weighted by molar-refractivity contribution is 0.0496. The second-order valence-corrected chi connectivity index (χ2v) is 8.56. The van der Waals surface area contributed by atoms with Crippen LogP contribution in [0.4, 0.5) is 11.5 Å². The SMILES string of the molecule is Nc1ncnc2c1ncn2CCCOC(=O)c1ccc(N2C(=O)c3cccc4cccc(c34)C2=O)cc1. The predicted octanol–water partition coefficient (Wildman–Crippen LogP) is 3.61. The Balaban J connectivity index is 1.12. The third-order valence-electron chi connectivity index (χ3n) is 6.34. The van der Waals surface area contributed by atoms with Crippen LogP contribution in [-0.4, -0.2) is 43.9 Å². The number of nitrogens with zero attached hydrogens (tertiary/aromatic N) is 5. The lowest BCUT2D eigenvalue weighted by Gasteiger charge is -2.27. The van der Waals surface area contributed by atoms with Crippen molar-refractivity contribution in [2.24, 2.45) is 0 Å². The molecular formula is C27H20N6O4. The first-order valence-electron chi connectivity index (χ1n) is 11.6. The van der Waals surface area contributed by atoms with Crippen LogP contribution in [0.3, 0.4) is 0 Å². The van der Waals surface area contributed by atoms with E-state index in [1.807, 2.05) is 16.7 Å². The summed E-state index contributed by atoms with van der Waals surface area (Å²) in [5.41, 5.74) is 8.59. The van der Waals surface area contributed by atoms with E-state index in [0.29, 0.717) is 57.7 Å². The molecule has 0 spiro atoms. The molecule has 1 aliphatic rings. The molecule has 3 heterocycles. The van der Waals surface area contributed by atoms with Crippen molar-refractivity contribution in [2.45, 2.75) is 13.0 Å². The molecule has 0 atom stereocenters. The number of aromatic nitrogens is 4. The first-order valence-corrected chi connectivity index (χ1v) is 11.6. The van der Waals surface area contributed by atoms with E-state index in [1.165, 1.54) is 6.33 Å². The topological polar surface area (TPSA) is 133 Å². The van der Waals surface area contributed by atoms with Crippen LogP contribution < -0.4 is 10.6 Å². The van der Waals surface area contributed by atoms with E-state index in [1.54, 1.807) is 54.9 Å². The Morgan fingerprint density at radius 2 is 1.59 bits per heavy atom. The monoisotopic (exact) mass is 492 g/mol. The quantitative estimate of drug-likeness (QED) is 0.216. The number of ether oxygens (including phenoxy) is 1. The van der Waals surface area contributed by atoms with Gasteiger partial charge in [-0.1, -0.05) is 24.3 Å². The predicted molar refractivity (Wildman–Crippen MR) is 136 cm³/mol. The molecule has 5 aromatic rings. The Kier molecular flexibility index (Phi) is 5.33. The smallest absolute Gasteiger partial charge is 0.338 e. The summed E-state index contributed by atoms with van der Waals surface area (Å²) in [4.78, 5) is 52.4. The van der Waals surface area contributed by atoms with E-state index in [2.05, 4.69) is 15.0 Å². The largest absolute Gasteiger partial charge is 0.462 e. The molecule has 0 saturated heterocycles. The molecule has 10 nitrogen and oxygen atoms in total. The van der Waals surface area contributed by atoms with E-state index < -0.39 is 17.8 Å². The summed E-state index contributed by atoms with van der Waals surface area (Å²) in [7, 11) is 0. The number of rotatable bonds is 6. The van der Waals surface area contributed by atoms with Crippen LogP contribution in [0.1, 0.15) is 37.5 Å². The highest BCUT2D eigenvalue weighted by Crippen LogP contribution is 2.32. The van der Waals surface area contributed by atoms with Crippen molar-refractivity contribution in [1.82, 2.24) is 19.5 Å². The van der Waals surface area contributed by atoms with Gasteiger partial charge in [0.15, 0.2) is 11.5 Å². The van der Waals surface area contributed by atoms with Gasteiger partial charge in [0.05, 0.1) is 24.2 Å². The summed E-state index contributed by atoms with van der Waals surface area (Å²) in [6, 6.07) is 17.0. The molecule has 2 amide bonds. The summed E-state index contributed by atoms with van der Waals surface area (Å²) in [6.45, 7) is 0.720. The van der Waals surface area contributed by atoms with Gasteiger partial charge in [0, 0.05) is 23.1 Å². The standard InChI is InChI=1S/C27H20N6O4/c28-23-22-24(30-14-29-23)32(15-31-22)12-3-13-37-27(36)17-8-10-18(11-9-17)33-25(34)19-6-1-4-16-5-2-7-20(21(16)19)26(33)35/h1-2,4-11,14-15H,3,12-13H2,(H2,28,29,30). The van der Waals surface area contributed by atoms with Crippen LogP contribution in [0.2, 0.25) is 0 Å². The Bertz CT molecular complexity index is 1660. The molecule has 0 fully saturated rings. The Morgan fingerprint density at radius 3 is 2.30 bits per heavy atom. The molecule has 6 rings (SSSR count). The third-order valence-corrected chi connectivity index (χ3v) is 6.34. The van der Waals surface area contributed by atoms with Crippen molar-refractivity contribution in [1.29, 1.82) is 0 Å². The normalized spacial score (nSPS) is 12.9. The van der Waals surface area contributed by atoms with Gasteiger partial charge < -0.3 is 15.0 Å². The molecule has 1 aliphatic heterocycles. The molecule has 2 N–H and O–H groups in total. The molecule has 0 unspecified atom stereocenters. The summed E-state index contributed by atoms with van der Waals surface area (Å²) in [5, 5.41) is 1.50. The summed E-state index contributed by atoms with van der Waals surface area (Å²) in [6.07, 6.45) is 3.54. The number of benzene rings is 3. The van der Waals surface area contributed by atoms with Gasteiger partial charge in [0.25, 0.3) is 11.8 Å². The number of aryl methyl sites for hydroxylation is 1. The first kappa shape index (κ1) is 22.4. The molecule has 0 aliphatic carbocycles. The fourth-order valence-corrected chi connectivity index (χ4v) is 4.56. The maximum atomic E-state index is 13.2. The summed E-state index contributed by atoms with van der Waals surface area (Å²) >= 11 is 0. The van der Waals surface area contributed by atoms with E-state index >= 15 is 0 Å². The number of fused-ring (bicyclic) bond motifs is 1. The van der Waals surface area contributed by atoms with Gasteiger partial charge in [-0.05, 0) is 48.2 Å². The number of imide groups is 1. The highest BCUT2D eigenvalue weighted by Gasteiger charge is 2.33. The lowest BCUT2D eigenvalue weighted by Crippen LogP contribution is -2.40. The van der Waals surface area contributed by atoms with Crippen LogP contribution in [0.15, 0.2) is 73.3 Å². The molecule has 37 heavy (non-hydrogen) atoms. The van der Waals surface area contributed by atoms with E-state index in [0.717, 1.165) is 10.3 Å². The number of imidazole rings is 1. The van der Waals surface area contributed by atoms with Gasteiger partial charge in [0.1, 0.15) is 11.8 Å². The number of nitrogen functional groups attached to an aromatic ring is 1. The zero-order valence-corrected chi connectivity index (χ0v) is 19.5. The van der Waals surface area contributed by atoms with Gasteiger partial charge in [-0.2, -0.15) is 0 Å². The van der Waals surface area contributed by atoms with Gasteiger partial charge in [-0.25, -0.2) is 24.6 Å². The zero-order valence-electron chi connectivity index (χ0n) is 19.5. The molecule has 182 valence electrons. The fourth-order valence-electron chi connectivity index (χ4n) is 4.56.